The van der Waals surface area contributed by atoms with Gasteiger partial charge in [0.2, 0.25) is 5.91 Å². The molecule has 5 nitrogen and oxygen atoms in total. The first kappa shape index (κ1) is 12.0. The van der Waals surface area contributed by atoms with E-state index < -0.39 is 12.0 Å². The minimum atomic E-state index is -0.978. The van der Waals surface area contributed by atoms with Crippen molar-refractivity contribution in [3.8, 4) is 0 Å². The fourth-order valence-corrected chi connectivity index (χ4v) is 2.80. The van der Waals surface area contributed by atoms with Gasteiger partial charge in [-0.05, 0) is 48.9 Å². The van der Waals surface area contributed by atoms with E-state index in [4.69, 9.17) is 5.11 Å². The van der Waals surface area contributed by atoms with Crippen LogP contribution in [0, 0.1) is 0 Å². The van der Waals surface area contributed by atoms with Gasteiger partial charge in [0.1, 0.15) is 6.04 Å². The summed E-state index contributed by atoms with van der Waals surface area (Å²) >= 11 is 0. The average molecular weight is 260 g/mol. The first-order valence-corrected chi connectivity index (χ1v) is 6.58. The third-order valence-electron chi connectivity index (χ3n) is 3.76. The summed E-state index contributed by atoms with van der Waals surface area (Å²) in [7, 11) is 0. The van der Waals surface area contributed by atoms with Gasteiger partial charge in [0.25, 0.3) is 0 Å². The standard InChI is InChI=1S/C14H16N2O3/c17-13(18)7-12-14(19)16-11-6-9-4-2-1-3-8(9)5-10(11)15-12/h5-6,12,15H,1-4,7H2,(H,16,19)(H,17,18). The Hall–Kier alpha value is -2.04. The van der Waals surface area contributed by atoms with Crippen molar-refractivity contribution < 1.29 is 14.7 Å². The molecule has 1 heterocycles. The molecular formula is C14H16N2O3. The number of rotatable bonds is 2. The van der Waals surface area contributed by atoms with Crippen molar-refractivity contribution >= 4 is 23.3 Å². The second-order valence-electron chi connectivity index (χ2n) is 5.16. The third kappa shape index (κ3) is 2.28. The molecule has 0 fully saturated rings. The summed E-state index contributed by atoms with van der Waals surface area (Å²) in [6.07, 6.45) is 4.28. The van der Waals surface area contributed by atoms with Gasteiger partial charge in [-0.3, -0.25) is 9.59 Å². The van der Waals surface area contributed by atoms with Crippen molar-refractivity contribution in [1.29, 1.82) is 0 Å². The van der Waals surface area contributed by atoms with Crippen LogP contribution in [0.25, 0.3) is 0 Å². The minimum Gasteiger partial charge on any atom is -0.481 e. The lowest BCUT2D eigenvalue weighted by Gasteiger charge is -2.28. The van der Waals surface area contributed by atoms with Gasteiger partial charge < -0.3 is 15.7 Å². The Morgan fingerprint density at radius 2 is 1.84 bits per heavy atom. The summed E-state index contributed by atoms with van der Waals surface area (Å²) in [5, 5.41) is 14.6. The van der Waals surface area contributed by atoms with E-state index in [2.05, 4.69) is 16.7 Å². The van der Waals surface area contributed by atoms with E-state index >= 15 is 0 Å². The molecule has 1 atom stereocenters. The molecule has 1 aliphatic carbocycles. The summed E-state index contributed by atoms with van der Waals surface area (Å²) in [4.78, 5) is 22.6. The molecule has 0 spiro atoms. The fraction of sp³-hybridized carbons (Fsp3) is 0.429. The zero-order valence-electron chi connectivity index (χ0n) is 10.5. The van der Waals surface area contributed by atoms with Crippen LogP contribution in [0.3, 0.4) is 0 Å². The van der Waals surface area contributed by atoms with Gasteiger partial charge in [-0.25, -0.2) is 0 Å². The summed E-state index contributed by atoms with van der Waals surface area (Å²) in [5.41, 5.74) is 4.21. The van der Waals surface area contributed by atoms with Gasteiger partial charge in [-0.2, -0.15) is 0 Å². The predicted octanol–water partition coefficient (Wildman–Crippen LogP) is 1.77. The van der Waals surface area contributed by atoms with Crippen LogP contribution in [0.2, 0.25) is 0 Å². The van der Waals surface area contributed by atoms with E-state index in [1.165, 1.54) is 24.0 Å². The number of aryl methyl sites for hydroxylation is 2. The van der Waals surface area contributed by atoms with Gasteiger partial charge in [-0.15, -0.1) is 0 Å². The van der Waals surface area contributed by atoms with Gasteiger partial charge in [-0.1, -0.05) is 0 Å². The summed E-state index contributed by atoms with van der Waals surface area (Å²) < 4.78 is 0. The largest absolute Gasteiger partial charge is 0.481 e. The topological polar surface area (TPSA) is 78.4 Å². The number of nitrogens with one attached hydrogen (secondary N) is 2. The molecule has 100 valence electrons. The number of fused-ring (bicyclic) bond motifs is 2. The molecule has 5 heteroatoms. The van der Waals surface area contributed by atoms with E-state index in [1.807, 2.05) is 6.07 Å². The fourth-order valence-electron chi connectivity index (χ4n) is 2.80. The number of anilines is 2. The monoisotopic (exact) mass is 260 g/mol. The lowest BCUT2D eigenvalue weighted by molar-refractivity contribution is -0.138. The Morgan fingerprint density at radius 1 is 1.21 bits per heavy atom. The molecule has 0 aromatic heterocycles. The molecule has 1 aromatic carbocycles. The highest BCUT2D eigenvalue weighted by molar-refractivity contribution is 6.04. The minimum absolute atomic E-state index is 0.206. The number of carboxylic acid groups (broad SMARTS) is 1. The molecule has 3 N–H and O–H groups in total. The lowest BCUT2D eigenvalue weighted by Crippen LogP contribution is -2.40. The first-order chi connectivity index (χ1) is 9.13. The number of amides is 1. The van der Waals surface area contributed by atoms with Crippen molar-refractivity contribution in [3.05, 3.63) is 23.3 Å². The second-order valence-corrected chi connectivity index (χ2v) is 5.16. The highest BCUT2D eigenvalue weighted by Gasteiger charge is 2.28. The molecule has 3 rings (SSSR count). The van der Waals surface area contributed by atoms with Crippen LogP contribution in [0.1, 0.15) is 30.4 Å². The molecule has 1 aromatic rings. The van der Waals surface area contributed by atoms with E-state index in [-0.39, 0.29) is 12.3 Å². The van der Waals surface area contributed by atoms with Gasteiger partial charge >= 0.3 is 5.97 Å². The highest BCUT2D eigenvalue weighted by Crippen LogP contribution is 2.34. The van der Waals surface area contributed by atoms with Crippen molar-refractivity contribution in [1.82, 2.24) is 0 Å². The first-order valence-electron chi connectivity index (χ1n) is 6.58. The van der Waals surface area contributed by atoms with Crippen LogP contribution in [0.5, 0.6) is 0 Å². The Balaban J connectivity index is 1.91. The van der Waals surface area contributed by atoms with E-state index in [0.717, 1.165) is 24.2 Å². The molecular weight excluding hydrogens is 244 g/mol. The number of hydrogen-bond acceptors (Lipinski definition) is 3. The van der Waals surface area contributed by atoms with Crippen LogP contribution >= 0.6 is 0 Å². The Bertz CT molecular complexity index is 554. The van der Waals surface area contributed by atoms with Crippen LogP contribution in [-0.4, -0.2) is 23.0 Å². The molecule has 19 heavy (non-hydrogen) atoms. The van der Waals surface area contributed by atoms with Gasteiger partial charge in [0.05, 0.1) is 17.8 Å². The molecule has 0 saturated heterocycles. The second kappa shape index (κ2) is 4.57. The molecule has 0 bridgehead atoms. The Labute approximate surface area is 111 Å². The lowest BCUT2D eigenvalue weighted by atomic mass is 9.90. The number of carboxylic acids is 1. The van der Waals surface area contributed by atoms with Crippen LogP contribution in [0.15, 0.2) is 12.1 Å². The van der Waals surface area contributed by atoms with Crippen molar-refractivity contribution in [2.24, 2.45) is 0 Å². The molecule has 1 aliphatic heterocycles. The zero-order valence-corrected chi connectivity index (χ0v) is 10.5. The number of benzene rings is 1. The molecule has 1 amide bonds. The Kier molecular flexibility index (Phi) is 2.89. The highest BCUT2D eigenvalue weighted by atomic mass is 16.4. The number of aliphatic carboxylic acids is 1. The third-order valence-corrected chi connectivity index (χ3v) is 3.76. The summed E-state index contributed by atoms with van der Waals surface area (Å²) in [5.74, 6) is -1.25. The number of hydrogen-bond donors (Lipinski definition) is 3. The van der Waals surface area contributed by atoms with E-state index in [0.29, 0.717) is 0 Å². The van der Waals surface area contributed by atoms with Crippen LogP contribution in [-0.2, 0) is 22.4 Å². The molecule has 0 radical (unpaired) electrons. The van der Waals surface area contributed by atoms with Crippen LogP contribution < -0.4 is 10.6 Å². The zero-order chi connectivity index (χ0) is 13.4. The summed E-state index contributed by atoms with van der Waals surface area (Å²) in [6, 6.07) is 3.38. The van der Waals surface area contributed by atoms with Crippen LogP contribution in [0.4, 0.5) is 11.4 Å². The van der Waals surface area contributed by atoms with Crippen molar-refractivity contribution in [2.75, 3.05) is 10.6 Å². The predicted molar refractivity (Wildman–Crippen MR) is 71.4 cm³/mol. The molecule has 2 aliphatic rings. The van der Waals surface area contributed by atoms with Crippen molar-refractivity contribution in [2.45, 2.75) is 38.1 Å². The van der Waals surface area contributed by atoms with Gasteiger partial charge in [0.15, 0.2) is 0 Å². The van der Waals surface area contributed by atoms with Gasteiger partial charge in [0, 0.05) is 0 Å². The SMILES string of the molecule is O=C(O)CC1Nc2cc3c(cc2NC1=O)CCCC3. The number of carbonyl (C=O) groups is 2. The normalized spacial score (nSPS) is 20.8. The van der Waals surface area contributed by atoms with E-state index in [1.54, 1.807) is 0 Å². The molecule has 0 saturated carbocycles. The Morgan fingerprint density at radius 3 is 2.47 bits per heavy atom. The quantitative estimate of drug-likeness (QED) is 0.757. The average Bonchev–Trinajstić information content (AvgIpc) is 2.37. The maximum atomic E-state index is 11.8. The smallest absolute Gasteiger partial charge is 0.305 e. The summed E-state index contributed by atoms with van der Waals surface area (Å²) in [6.45, 7) is 0. The van der Waals surface area contributed by atoms with E-state index in [9.17, 15) is 9.59 Å². The molecule has 1 unspecified atom stereocenters. The van der Waals surface area contributed by atoms with Crippen molar-refractivity contribution in [3.63, 3.8) is 0 Å². The number of carbonyl (C=O) groups excluding carboxylic acids is 1. The maximum Gasteiger partial charge on any atom is 0.305 e. The maximum absolute atomic E-state index is 11.8.